The van der Waals surface area contributed by atoms with E-state index < -0.39 is 10.0 Å². The number of rotatable bonds is 6. The molecule has 3 rings (SSSR count). The predicted molar refractivity (Wildman–Crippen MR) is 100 cm³/mol. The van der Waals surface area contributed by atoms with Crippen molar-refractivity contribution in [1.29, 1.82) is 0 Å². The third-order valence-electron chi connectivity index (χ3n) is 3.84. The zero-order chi connectivity index (χ0) is 17.7. The highest BCUT2D eigenvalue weighted by Gasteiger charge is 2.09. The third kappa shape index (κ3) is 4.36. The Bertz CT molecular complexity index is 1000. The molecule has 0 bridgehead atoms. The second-order valence-electron chi connectivity index (χ2n) is 5.62. The molecule has 0 fully saturated rings. The fourth-order valence-corrected chi connectivity index (χ4v) is 3.34. The maximum atomic E-state index is 12.1. The van der Waals surface area contributed by atoms with Crippen molar-refractivity contribution in [1.82, 2.24) is 4.83 Å². The van der Waals surface area contributed by atoms with Crippen LogP contribution in [0, 0.1) is 0 Å². The van der Waals surface area contributed by atoms with Crippen LogP contribution in [0.4, 0.5) is 0 Å². The van der Waals surface area contributed by atoms with E-state index in [1.165, 1.54) is 6.21 Å². The highest BCUT2D eigenvalue weighted by atomic mass is 32.2. The molecule has 0 aromatic heterocycles. The normalized spacial score (nSPS) is 11.8. The highest BCUT2D eigenvalue weighted by Crippen LogP contribution is 2.25. The van der Waals surface area contributed by atoms with E-state index in [1.807, 2.05) is 54.6 Å². The van der Waals surface area contributed by atoms with Crippen LogP contribution in [0.1, 0.15) is 11.1 Å². The monoisotopic (exact) mass is 354 g/mol. The van der Waals surface area contributed by atoms with Gasteiger partial charge in [-0.2, -0.15) is 5.10 Å². The molecule has 2 N–H and O–H groups in total. The average Bonchev–Trinajstić information content (AvgIpc) is 2.63. The Morgan fingerprint density at radius 1 is 0.960 bits per heavy atom. The Labute approximate surface area is 146 Å². The first kappa shape index (κ1) is 17.0. The quantitative estimate of drug-likeness (QED) is 0.527. The van der Waals surface area contributed by atoms with Crippen LogP contribution in [-0.4, -0.2) is 25.5 Å². The van der Waals surface area contributed by atoms with Crippen LogP contribution in [0.3, 0.4) is 0 Å². The lowest BCUT2D eigenvalue weighted by Gasteiger charge is -2.06. The van der Waals surface area contributed by atoms with Crippen molar-refractivity contribution < 1.29 is 13.5 Å². The maximum absolute atomic E-state index is 12.1. The van der Waals surface area contributed by atoms with Crippen LogP contribution in [0.5, 0.6) is 5.75 Å². The summed E-state index contributed by atoms with van der Waals surface area (Å²) in [6.07, 6.45) is 1.74. The van der Waals surface area contributed by atoms with Crippen molar-refractivity contribution in [3.63, 3.8) is 0 Å². The van der Waals surface area contributed by atoms with E-state index in [1.54, 1.807) is 12.1 Å². The van der Waals surface area contributed by atoms with Crippen molar-refractivity contribution in [3.8, 4) is 5.75 Å². The van der Waals surface area contributed by atoms with Gasteiger partial charge in [-0.1, -0.05) is 60.7 Å². The first-order valence-corrected chi connectivity index (χ1v) is 9.47. The topological polar surface area (TPSA) is 78.8 Å². The smallest absolute Gasteiger partial charge is 0.247 e. The molecular formula is C19H18N2O3S. The lowest BCUT2D eigenvalue weighted by Crippen LogP contribution is -2.22. The second-order valence-corrected chi connectivity index (χ2v) is 7.44. The SMILES string of the molecule is O=S(=O)(CCc1ccccc1)N/N=C\c1c(O)ccc2ccccc12. The molecule has 0 saturated heterocycles. The number of hydrogen-bond donors (Lipinski definition) is 2. The first-order valence-electron chi connectivity index (χ1n) is 7.82. The van der Waals surface area contributed by atoms with Crippen molar-refractivity contribution in [3.05, 3.63) is 77.9 Å². The number of sulfonamides is 1. The molecule has 3 aromatic carbocycles. The highest BCUT2D eigenvalue weighted by molar-refractivity contribution is 7.89. The largest absolute Gasteiger partial charge is 0.507 e. The van der Waals surface area contributed by atoms with E-state index in [0.29, 0.717) is 12.0 Å². The van der Waals surface area contributed by atoms with Gasteiger partial charge in [0.15, 0.2) is 0 Å². The zero-order valence-corrected chi connectivity index (χ0v) is 14.3. The number of hydrogen-bond acceptors (Lipinski definition) is 4. The summed E-state index contributed by atoms with van der Waals surface area (Å²) >= 11 is 0. The van der Waals surface area contributed by atoms with Gasteiger partial charge in [0, 0.05) is 5.56 Å². The van der Waals surface area contributed by atoms with E-state index in [4.69, 9.17) is 0 Å². The van der Waals surface area contributed by atoms with Gasteiger partial charge in [-0.15, -0.1) is 0 Å². The van der Waals surface area contributed by atoms with Gasteiger partial charge < -0.3 is 5.11 Å². The summed E-state index contributed by atoms with van der Waals surface area (Å²) in [7, 11) is -3.55. The van der Waals surface area contributed by atoms with Crippen LogP contribution in [-0.2, 0) is 16.4 Å². The first-order chi connectivity index (χ1) is 12.1. The molecule has 6 heteroatoms. The average molecular weight is 354 g/mol. The van der Waals surface area contributed by atoms with Crippen molar-refractivity contribution in [2.45, 2.75) is 6.42 Å². The minimum Gasteiger partial charge on any atom is -0.507 e. The van der Waals surface area contributed by atoms with Crippen molar-refractivity contribution in [2.75, 3.05) is 5.75 Å². The molecule has 0 heterocycles. The molecule has 0 aliphatic rings. The molecule has 25 heavy (non-hydrogen) atoms. The van der Waals surface area contributed by atoms with Gasteiger partial charge in [-0.25, -0.2) is 13.2 Å². The van der Waals surface area contributed by atoms with E-state index in [0.717, 1.165) is 16.3 Å². The van der Waals surface area contributed by atoms with Gasteiger partial charge in [-0.3, -0.25) is 0 Å². The van der Waals surface area contributed by atoms with Crippen LogP contribution in [0.25, 0.3) is 10.8 Å². The molecule has 0 radical (unpaired) electrons. The summed E-state index contributed by atoms with van der Waals surface area (Å²) in [6, 6.07) is 20.3. The van der Waals surface area contributed by atoms with Gasteiger partial charge in [-0.05, 0) is 28.8 Å². The number of benzene rings is 3. The predicted octanol–water partition coefficient (Wildman–Crippen LogP) is 3.04. The van der Waals surface area contributed by atoms with Crippen molar-refractivity contribution in [2.24, 2.45) is 5.10 Å². The standard InChI is InChI=1S/C19H18N2O3S/c22-19-11-10-16-8-4-5-9-17(16)18(19)14-20-21-25(23,24)13-12-15-6-2-1-3-7-15/h1-11,14,21-22H,12-13H2/b20-14-. The number of aryl methyl sites for hydroxylation is 1. The number of phenols is 1. The number of hydrazone groups is 1. The fraction of sp³-hybridized carbons (Fsp3) is 0.105. The number of fused-ring (bicyclic) bond motifs is 1. The molecule has 0 saturated carbocycles. The van der Waals surface area contributed by atoms with E-state index in [9.17, 15) is 13.5 Å². The summed E-state index contributed by atoms with van der Waals surface area (Å²) in [4.78, 5) is 2.20. The molecule has 0 aliphatic heterocycles. The molecule has 0 amide bonds. The Hall–Kier alpha value is -2.86. The third-order valence-corrected chi connectivity index (χ3v) is 4.96. The molecule has 0 unspecified atom stereocenters. The molecule has 0 atom stereocenters. The number of nitrogens with zero attached hydrogens (tertiary/aromatic N) is 1. The van der Waals surface area contributed by atoms with Gasteiger partial charge in [0.25, 0.3) is 0 Å². The number of aromatic hydroxyl groups is 1. The van der Waals surface area contributed by atoms with Gasteiger partial charge in [0.05, 0.1) is 12.0 Å². The summed E-state index contributed by atoms with van der Waals surface area (Å²) in [5.41, 5.74) is 1.42. The van der Waals surface area contributed by atoms with Crippen LogP contribution in [0.2, 0.25) is 0 Å². The molecular weight excluding hydrogens is 336 g/mol. The number of phenolic OH excluding ortho intramolecular Hbond substituents is 1. The molecule has 0 aliphatic carbocycles. The molecule has 0 spiro atoms. The van der Waals surface area contributed by atoms with Gasteiger partial charge in [0.1, 0.15) is 5.75 Å². The number of nitrogens with one attached hydrogen (secondary N) is 1. The summed E-state index contributed by atoms with van der Waals surface area (Å²) in [6.45, 7) is 0. The van der Waals surface area contributed by atoms with Gasteiger partial charge >= 0.3 is 0 Å². The minimum absolute atomic E-state index is 0.0472. The summed E-state index contributed by atoms with van der Waals surface area (Å²) in [5, 5.41) is 15.6. The van der Waals surface area contributed by atoms with E-state index >= 15 is 0 Å². The van der Waals surface area contributed by atoms with E-state index in [-0.39, 0.29) is 11.5 Å². The molecule has 5 nitrogen and oxygen atoms in total. The summed E-state index contributed by atoms with van der Waals surface area (Å²) in [5.74, 6) is -0.0125. The van der Waals surface area contributed by atoms with Crippen molar-refractivity contribution >= 4 is 27.0 Å². The Morgan fingerprint density at radius 3 is 2.48 bits per heavy atom. The van der Waals surface area contributed by atoms with Crippen LogP contribution in [0.15, 0.2) is 71.8 Å². The summed E-state index contributed by atoms with van der Waals surface area (Å²) < 4.78 is 24.1. The minimum atomic E-state index is -3.55. The van der Waals surface area contributed by atoms with Crippen LogP contribution < -0.4 is 4.83 Å². The lowest BCUT2D eigenvalue weighted by atomic mass is 10.0. The second kappa shape index (κ2) is 7.36. The lowest BCUT2D eigenvalue weighted by molar-refractivity contribution is 0.475. The fourth-order valence-electron chi connectivity index (χ4n) is 2.53. The van der Waals surface area contributed by atoms with Gasteiger partial charge in [0.2, 0.25) is 10.0 Å². The molecule has 128 valence electrons. The Kier molecular flexibility index (Phi) is 5.00. The Morgan fingerprint density at radius 2 is 1.68 bits per heavy atom. The Balaban J connectivity index is 1.71. The maximum Gasteiger partial charge on any atom is 0.247 e. The van der Waals surface area contributed by atoms with E-state index in [2.05, 4.69) is 9.93 Å². The molecule has 3 aromatic rings. The zero-order valence-electron chi connectivity index (χ0n) is 13.5. The van der Waals surface area contributed by atoms with Crippen LogP contribution >= 0.6 is 0 Å².